The van der Waals surface area contributed by atoms with E-state index in [1.807, 2.05) is 0 Å². The van der Waals surface area contributed by atoms with Crippen LogP contribution in [0.3, 0.4) is 0 Å². The lowest BCUT2D eigenvalue weighted by atomic mass is 9.81. The van der Waals surface area contributed by atoms with Crippen LogP contribution in [0.15, 0.2) is 42.5 Å². The van der Waals surface area contributed by atoms with E-state index in [1.54, 1.807) is 0 Å². The normalized spacial score (nSPS) is 11.4. The van der Waals surface area contributed by atoms with Gasteiger partial charge in [0.2, 0.25) is 0 Å². The van der Waals surface area contributed by atoms with Gasteiger partial charge >= 0.3 is 0 Å². The number of rotatable bonds is 4. The molecule has 76 valence electrons. The first-order valence-electron chi connectivity index (χ1n) is 5.22. The van der Waals surface area contributed by atoms with E-state index in [0.29, 0.717) is 0 Å². The van der Waals surface area contributed by atoms with Crippen LogP contribution in [0.1, 0.15) is 32.8 Å². The van der Waals surface area contributed by atoms with E-state index in [9.17, 15) is 0 Å². The predicted molar refractivity (Wildman–Crippen MR) is 63.4 cm³/mol. The Morgan fingerprint density at radius 1 is 1.21 bits per heavy atom. The minimum Gasteiger partial charge on any atom is -0.0996 e. The summed E-state index contributed by atoms with van der Waals surface area (Å²) in [5, 5.41) is 0. The molecule has 0 heterocycles. The van der Waals surface area contributed by atoms with Crippen molar-refractivity contribution < 1.29 is 0 Å². The molecule has 0 spiro atoms. The van der Waals surface area contributed by atoms with Crippen LogP contribution in [-0.2, 0) is 6.42 Å². The summed E-state index contributed by atoms with van der Waals surface area (Å²) in [5.41, 5.74) is 2.95. The molecule has 0 saturated carbocycles. The molecule has 0 heteroatoms. The average Bonchev–Trinajstić information content (AvgIpc) is 2.16. The monoisotopic (exact) mass is 188 g/mol. The number of aryl methyl sites for hydroxylation is 1. The Morgan fingerprint density at radius 2 is 1.79 bits per heavy atom. The first-order chi connectivity index (χ1) is 6.52. The molecule has 0 aliphatic carbocycles. The Hall–Kier alpha value is -1.04. The smallest absolute Gasteiger partial charge is 0.0147 e. The van der Waals surface area contributed by atoms with Crippen LogP contribution in [0.2, 0.25) is 0 Å². The van der Waals surface area contributed by atoms with E-state index in [1.165, 1.54) is 17.6 Å². The second kappa shape index (κ2) is 4.45. The number of allylic oxidation sites excluding steroid dienone is 1. The van der Waals surface area contributed by atoms with E-state index in [0.717, 1.165) is 6.42 Å². The topological polar surface area (TPSA) is 0 Å². The first-order valence-corrected chi connectivity index (χ1v) is 5.22. The van der Waals surface area contributed by atoms with Crippen molar-refractivity contribution in [1.82, 2.24) is 0 Å². The first kappa shape index (κ1) is 11.0. The highest BCUT2D eigenvalue weighted by atomic mass is 14.2. The van der Waals surface area contributed by atoms with E-state index in [2.05, 4.69) is 57.7 Å². The molecule has 1 rings (SSSR count). The molecule has 1 aromatic carbocycles. The van der Waals surface area contributed by atoms with Crippen molar-refractivity contribution in [3.8, 4) is 0 Å². The third-order valence-electron chi connectivity index (χ3n) is 3.04. The summed E-state index contributed by atoms with van der Waals surface area (Å²) in [6.07, 6.45) is 2.31. The Labute approximate surface area is 87.7 Å². The summed E-state index contributed by atoms with van der Waals surface area (Å²) in [6, 6.07) is 10.6. The quantitative estimate of drug-likeness (QED) is 0.620. The van der Waals surface area contributed by atoms with Gasteiger partial charge in [0.25, 0.3) is 0 Å². The molecule has 0 bridgehead atoms. The zero-order chi connectivity index (χ0) is 10.6. The molecule has 0 aromatic heterocycles. The fourth-order valence-electron chi connectivity index (χ4n) is 1.31. The van der Waals surface area contributed by atoms with Gasteiger partial charge in [-0.25, -0.2) is 0 Å². The number of benzene rings is 1. The Kier molecular flexibility index (Phi) is 3.51. The van der Waals surface area contributed by atoms with Gasteiger partial charge in [-0.3, -0.25) is 0 Å². The van der Waals surface area contributed by atoms with Crippen LogP contribution in [0.5, 0.6) is 0 Å². The maximum absolute atomic E-state index is 4.04. The molecule has 0 saturated heterocycles. The molecule has 0 atom stereocenters. The minimum atomic E-state index is 0.260. The van der Waals surface area contributed by atoms with Gasteiger partial charge in [0.15, 0.2) is 0 Å². The maximum atomic E-state index is 4.04. The van der Waals surface area contributed by atoms with Crippen molar-refractivity contribution in [3.63, 3.8) is 0 Å². The average molecular weight is 188 g/mol. The summed E-state index contributed by atoms with van der Waals surface area (Å²) in [4.78, 5) is 0. The lowest BCUT2D eigenvalue weighted by molar-refractivity contribution is 0.410. The van der Waals surface area contributed by atoms with Crippen molar-refractivity contribution in [3.05, 3.63) is 48.0 Å². The van der Waals surface area contributed by atoms with Crippen LogP contribution in [0.25, 0.3) is 0 Å². The molecule has 0 N–H and O–H groups in total. The van der Waals surface area contributed by atoms with Gasteiger partial charge in [0, 0.05) is 0 Å². The van der Waals surface area contributed by atoms with Crippen molar-refractivity contribution in [2.24, 2.45) is 5.41 Å². The molecular formula is C14H20. The molecule has 0 unspecified atom stereocenters. The zero-order valence-electron chi connectivity index (χ0n) is 9.51. The van der Waals surface area contributed by atoms with Crippen LogP contribution >= 0.6 is 0 Å². The minimum absolute atomic E-state index is 0.260. The standard InChI is InChI=1S/C14H20/c1-12(2)14(3,4)11-10-13-8-6-5-7-9-13/h5-9H,1,10-11H2,2-4H3. The fourth-order valence-corrected chi connectivity index (χ4v) is 1.31. The lowest BCUT2D eigenvalue weighted by Crippen LogP contribution is -2.13. The Balaban J connectivity index is 2.53. The van der Waals surface area contributed by atoms with Gasteiger partial charge in [-0.2, -0.15) is 0 Å². The van der Waals surface area contributed by atoms with Gasteiger partial charge < -0.3 is 0 Å². The van der Waals surface area contributed by atoms with Gasteiger partial charge in [-0.05, 0) is 30.7 Å². The molecule has 1 aromatic rings. The number of hydrogen-bond donors (Lipinski definition) is 0. The van der Waals surface area contributed by atoms with E-state index >= 15 is 0 Å². The summed E-state index contributed by atoms with van der Waals surface area (Å²) < 4.78 is 0. The maximum Gasteiger partial charge on any atom is -0.0147 e. The summed E-state index contributed by atoms with van der Waals surface area (Å²) in [7, 11) is 0. The second-order valence-corrected chi connectivity index (χ2v) is 4.65. The largest absolute Gasteiger partial charge is 0.0996 e. The summed E-state index contributed by atoms with van der Waals surface area (Å²) >= 11 is 0. The highest BCUT2D eigenvalue weighted by molar-refractivity contribution is 5.16. The Morgan fingerprint density at radius 3 is 2.29 bits per heavy atom. The highest BCUT2D eigenvalue weighted by Gasteiger charge is 2.17. The predicted octanol–water partition coefficient (Wildman–Crippen LogP) is 4.22. The van der Waals surface area contributed by atoms with E-state index in [-0.39, 0.29) is 5.41 Å². The zero-order valence-corrected chi connectivity index (χ0v) is 9.51. The molecule has 0 nitrogen and oxygen atoms in total. The molecule has 0 amide bonds. The van der Waals surface area contributed by atoms with Crippen LogP contribution < -0.4 is 0 Å². The second-order valence-electron chi connectivity index (χ2n) is 4.65. The molecule has 0 aliphatic rings. The molecule has 0 aliphatic heterocycles. The van der Waals surface area contributed by atoms with Crippen molar-refractivity contribution in [1.29, 1.82) is 0 Å². The van der Waals surface area contributed by atoms with Crippen molar-refractivity contribution in [2.45, 2.75) is 33.6 Å². The SMILES string of the molecule is C=C(C)C(C)(C)CCc1ccccc1. The van der Waals surface area contributed by atoms with E-state index in [4.69, 9.17) is 0 Å². The molecule has 14 heavy (non-hydrogen) atoms. The highest BCUT2D eigenvalue weighted by Crippen LogP contribution is 2.29. The van der Waals surface area contributed by atoms with Crippen molar-refractivity contribution in [2.75, 3.05) is 0 Å². The third kappa shape index (κ3) is 3.02. The van der Waals surface area contributed by atoms with Crippen molar-refractivity contribution >= 4 is 0 Å². The lowest BCUT2D eigenvalue weighted by Gasteiger charge is -2.25. The van der Waals surface area contributed by atoms with Crippen LogP contribution in [0, 0.1) is 5.41 Å². The van der Waals surface area contributed by atoms with Crippen LogP contribution in [-0.4, -0.2) is 0 Å². The summed E-state index contributed by atoms with van der Waals surface area (Å²) in [5.74, 6) is 0. The number of hydrogen-bond acceptors (Lipinski definition) is 0. The van der Waals surface area contributed by atoms with Gasteiger partial charge in [-0.1, -0.05) is 56.3 Å². The third-order valence-corrected chi connectivity index (χ3v) is 3.04. The van der Waals surface area contributed by atoms with Crippen LogP contribution in [0.4, 0.5) is 0 Å². The fraction of sp³-hybridized carbons (Fsp3) is 0.429. The Bertz CT molecular complexity index is 293. The molecular weight excluding hydrogens is 168 g/mol. The van der Waals surface area contributed by atoms with Gasteiger partial charge in [0.05, 0.1) is 0 Å². The van der Waals surface area contributed by atoms with Gasteiger partial charge in [0.1, 0.15) is 0 Å². The van der Waals surface area contributed by atoms with E-state index < -0.39 is 0 Å². The molecule has 0 fully saturated rings. The summed E-state index contributed by atoms with van der Waals surface area (Å²) in [6.45, 7) is 10.7. The molecule has 0 radical (unpaired) electrons. The van der Waals surface area contributed by atoms with Gasteiger partial charge in [-0.15, -0.1) is 0 Å².